The second-order valence-corrected chi connectivity index (χ2v) is 3.74. The second-order valence-electron chi connectivity index (χ2n) is 3.74. The number of aliphatic hydroxyl groups excluding tert-OH is 3. The van der Waals surface area contributed by atoms with Crippen molar-refractivity contribution in [1.82, 2.24) is 0 Å². The third-order valence-corrected chi connectivity index (χ3v) is 2.19. The van der Waals surface area contributed by atoms with E-state index < -0.39 is 18.9 Å². The average molecular weight is 332 g/mol. The summed E-state index contributed by atoms with van der Waals surface area (Å²) in [5.41, 5.74) is 0. The summed E-state index contributed by atoms with van der Waals surface area (Å²) in [6.07, 6.45) is -3.49. The molecule has 1 heterocycles. The van der Waals surface area contributed by atoms with E-state index in [1.807, 2.05) is 0 Å². The van der Waals surface area contributed by atoms with Gasteiger partial charge in [0, 0.05) is 42.7 Å². The molecule has 0 aromatic carbocycles. The van der Waals surface area contributed by atoms with Crippen molar-refractivity contribution < 1.29 is 48.5 Å². The average Bonchev–Trinajstić information content (AvgIpc) is 3.33. The number of ether oxygens (including phenoxy) is 7. The molecule has 0 aliphatic carbocycles. The first kappa shape index (κ1) is 23.9. The van der Waals surface area contributed by atoms with Gasteiger partial charge in [-0.3, -0.25) is 0 Å². The van der Waals surface area contributed by atoms with Crippen LogP contribution in [-0.4, -0.2) is 96.0 Å². The third-order valence-electron chi connectivity index (χ3n) is 2.19. The standard InChI is InChI=1S/C4H10O4.C4H8O3.C4H10O3/c1-7-3(5)4(6)8-2;1-5-3-4(6-2)7-3;1-6-3-4(5)7-2/h3-6H,1-2H3;3-4H,1-2H3;4-5H,3H2,1-2H3. The first-order valence-corrected chi connectivity index (χ1v) is 6.24. The Morgan fingerprint density at radius 1 is 0.773 bits per heavy atom. The van der Waals surface area contributed by atoms with Crippen LogP contribution in [0, 0.1) is 0 Å². The number of epoxide rings is 1. The van der Waals surface area contributed by atoms with Crippen molar-refractivity contribution in [1.29, 1.82) is 0 Å². The molecular formula is C12H28O10. The van der Waals surface area contributed by atoms with Gasteiger partial charge in [0.25, 0.3) is 0 Å². The molecule has 1 rings (SSSR count). The molecule has 22 heavy (non-hydrogen) atoms. The Hall–Kier alpha value is -0.400. The lowest BCUT2D eigenvalue weighted by Crippen LogP contribution is -2.28. The molecule has 1 aliphatic rings. The fourth-order valence-electron chi connectivity index (χ4n) is 0.864. The number of aliphatic hydroxyl groups is 3. The first-order valence-electron chi connectivity index (χ1n) is 6.24. The van der Waals surface area contributed by atoms with E-state index in [4.69, 9.17) is 29.5 Å². The SMILES string of the molecule is COC(O)C(O)OC.COC1OC1OC.COCC(O)OC. The zero-order valence-corrected chi connectivity index (χ0v) is 13.8. The van der Waals surface area contributed by atoms with Crippen LogP contribution in [0.5, 0.6) is 0 Å². The largest absolute Gasteiger partial charge is 0.379 e. The lowest BCUT2D eigenvalue weighted by Gasteiger charge is -2.12. The number of methoxy groups -OCH3 is 6. The molecule has 0 aromatic heterocycles. The minimum absolute atomic E-state index is 0.106. The Bertz CT molecular complexity index is 211. The van der Waals surface area contributed by atoms with Crippen molar-refractivity contribution in [2.75, 3.05) is 49.3 Å². The van der Waals surface area contributed by atoms with E-state index in [0.717, 1.165) is 0 Å². The number of rotatable bonds is 8. The van der Waals surface area contributed by atoms with Gasteiger partial charge < -0.3 is 48.5 Å². The highest BCUT2D eigenvalue weighted by Gasteiger charge is 2.39. The van der Waals surface area contributed by atoms with Crippen LogP contribution in [0.2, 0.25) is 0 Å². The van der Waals surface area contributed by atoms with Crippen molar-refractivity contribution >= 4 is 0 Å². The van der Waals surface area contributed by atoms with Gasteiger partial charge in [0.15, 0.2) is 6.29 Å². The van der Waals surface area contributed by atoms with Gasteiger partial charge in [-0.25, -0.2) is 0 Å². The van der Waals surface area contributed by atoms with Gasteiger partial charge in [0.05, 0.1) is 6.61 Å². The quantitative estimate of drug-likeness (QED) is 0.356. The Morgan fingerprint density at radius 3 is 1.32 bits per heavy atom. The van der Waals surface area contributed by atoms with E-state index in [1.165, 1.54) is 28.4 Å². The van der Waals surface area contributed by atoms with Crippen LogP contribution in [0.15, 0.2) is 0 Å². The second kappa shape index (κ2) is 15.5. The highest BCUT2D eigenvalue weighted by Crippen LogP contribution is 2.21. The molecule has 136 valence electrons. The summed E-state index contributed by atoms with van der Waals surface area (Å²) in [5.74, 6) is 0. The third kappa shape index (κ3) is 13.3. The van der Waals surface area contributed by atoms with E-state index in [-0.39, 0.29) is 19.2 Å². The molecule has 1 saturated heterocycles. The Morgan fingerprint density at radius 2 is 1.18 bits per heavy atom. The van der Waals surface area contributed by atoms with Gasteiger partial charge in [-0.1, -0.05) is 0 Å². The van der Waals surface area contributed by atoms with Gasteiger partial charge in [0.2, 0.25) is 25.2 Å². The molecule has 1 aliphatic heterocycles. The monoisotopic (exact) mass is 332 g/mol. The molecule has 5 atom stereocenters. The molecule has 0 spiro atoms. The molecule has 0 saturated carbocycles. The summed E-state index contributed by atoms with van der Waals surface area (Å²) >= 11 is 0. The summed E-state index contributed by atoms with van der Waals surface area (Å²) < 4.78 is 31.7. The predicted octanol–water partition coefficient (Wildman–Crippen LogP) is -1.52. The summed E-state index contributed by atoms with van der Waals surface area (Å²) in [7, 11) is 8.64. The van der Waals surface area contributed by atoms with E-state index in [9.17, 15) is 0 Å². The summed E-state index contributed by atoms with van der Waals surface area (Å²) in [5, 5.41) is 25.6. The van der Waals surface area contributed by atoms with Crippen molar-refractivity contribution in [2.45, 2.75) is 31.5 Å². The molecule has 0 amide bonds. The molecule has 0 aromatic rings. The highest BCUT2D eigenvalue weighted by atomic mass is 16.9. The van der Waals surface area contributed by atoms with Gasteiger partial charge >= 0.3 is 0 Å². The van der Waals surface area contributed by atoms with Gasteiger partial charge in [-0.05, 0) is 0 Å². The molecule has 3 N–H and O–H groups in total. The van der Waals surface area contributed by atoms with Crippen LogP contribution in [0.25, 0.3) is 0 Å². The lowest BCUT2D eigenvalue weighted by molar-refractivity contribution is -0.232. The number of hydrogen-bond acceptors (Lipinski definition) is 10. The predicted molar refractivity (Wildman–Crippen MR) is 73.6 cm³/mol. The van der Waals surface area contributed by atoms with E-state index >= 15 is 0 Å². The van der Waals surface area contributed by atoms with Gasteiger partial charge in [-0.15, -0.1) is 0 Å². The molecule has 0 bridgehead atoms. The fourth-order valence-corrected chi connectivity index (χ4v) is 0.864. The Balaban J connectivity index is 0. The maximum atomic E-state index is 8.53. The van der Waals surface area contributed by atoms with Crippen molar-refractivity contribution in [2.24, 2.45) is 0 Å². The maximum Gasteiger partial charge on any atom is 0.212 e. The lowest BCUT2D eigenvalue weighted by atomic mass is 10.6. The van der Waals surface area contributed by atoms with Crippen LogP contribution in [0.1, 0.15) is 0 Å². The Labute approximate surface area is 130 Å². The van der Waals surface area contributed by atoms with Crippen molar-refractivity contribution in [3.63, 3.8) is 0 Å². The first-order chi connectivity index (χ1) is 10.4. The van der Waals surface area contributed by atoms with Crippen molar-refractivity contribution in [3.8, 4) is 0 Å². The van der Waals surface area contributed by atoms with Crippen LogP contribution >= 0.6 is 0 Å². The molecular weight excluding hydrogens is 304 g/mol. The van der Waals surface area contributed by atoms with Crippen LogP contribution < -0.4 is 0 Å². The fraction of sp³-hybridized carbons (Fsp3) is 1.00. The van der Waals surface area contributed by atoms with Gasteiger partial charge in [-0.2, -0.15) is 0 Å². The van der Waals surface area contributed by atoms with E-state index in [2.05, 4.69) is 18.9 Å². The highest BCUT2D eigenvalue weighted by molar-refractivity contribution is 4.63. The maximum absolute atomic E-state index is 8.53. The molecule has 1 fully saturated rings. The van der Waals surface area contributed by atoms with Crippen LogP contribution in [0.3, 0.4) is 0 Å². The van der Waals surface area contributed by atoms with Crippen LogP contribution in [0.4, 0.5) is 0 Å². The Kier molecular flexibility index (Phi) is 16.8. The van der Waals surface area contributed by atoms with E-state index in [1.54, 1.807) is 14.2 Å². The van der Waals surface area contributed by atoms with Gasteiger partial charge in [0.1, 0.15) is 0 Å². The minimum Gasteiger partial charge on any atom is -0.379 e. The summed E-state index contributed by atoms with van der Waals surface area (Å²) in [4.78, 5) is 0. The molecule has 5 unspecified atom stereocenters. The zero-order chi connectivity index (χ0) is 17.5. The zero-order valence-electron chi connectivity index (χ0n) is 13.8. The molecule has 10 heteroatoms. The normalized spacial score (nSPS) is 23.3. The minimum atomic E-state index is -1.25. The smallest absolute Gasteiger partial charge is 0.212 e. The molecule has 0 radical (unpaired) electrons. The summed E-state index contributed by atoms with van der Waals surface area (Å²) in [6.45, 7) is 0.233. The van der Waals surface area contributed by atoms with Crippen LogP contribution in [-0.2, 0) is 33.2 Å². The van der Waals surface area contributed by atoms with E-state index in [0.29, 0.717) is 0 Å². The van der Waals surface area contributed by atoms with Crippen molar-refractivity contribution in [3.05, 3.63) is 0 Å². The molecule has 10 nitrogen and oxygen atoms in total. The topological polar surface area (TPSA) is 129 Å². The summed E-state index contributed by atoms with van der Waals surface area (Å²) in [6, 6.07) is 0. The number of hydrogen-bond donors (Lipinski definition) is 3.